The SMILES string of the molecule is CC/C=C\C/C=C\C/C=C\C/C=C\CCCCC(=O)OCC(COC(=O)CCCCCCCCCCCCCCCCCCCCCCCCCCCCCCCC)OC(=O)CCCCCCCCC/C=C\C/C=C\C/C=C\CC. The van der Waals surface area contributed by atoms with Gasteiger partial charge in [-0.05, 0) is 89.9 Å². The minimum atomic E-state index is -0.800. The van der Waals surface area contributed by atoms with Crippen LogP contribution in [0.4, 0.5) is 0 Å². The summed E-state index contributed by atoms with van der Waals surface area (Å²) in [5.41, 5.74) is 0. The van der Waals surface area contributed by atoms with Crippen LogP contribution in [-0.4, -0.2) is 37.2 Å². The Balaban J connectivity index is 4.23. The van der Waals surface area contributed by atoms with Crippen molar-refractivity contribution >= 4 is 17.9 Å². The quantitative estimate of drug-likeness (QED) is 0.0261. The summed E-state index contributed by atoms with van der Waals surface area (Å²) in [6, 6.07) is 0. The number of unbranched alkanes of at least 4 members (excludes halogenated alkanes) is 38. The predicted molar refractivity (Wildman–Crippen MR) is 348 cm³/mol. The molecule has 0 aliphatic rings. The van der Waals surface area contributed by atoms with Crippen molar-refractivity contribution in [3.63, 3.8) is 0 Å². The molecule has 80 heavy (non-hydrogen) atoms. The third-order valence-electron chi connectivity index (χ3n) is 15.1. The molecule has 0 aliphatic heterocycles. The molecule has 1 unspecified atom stereocenters. The van der Waals surface area contributed by atoms with Gasteiger partial charge in [0.1, 0.15) is 13.2 Å². The van der Waals surface area contributed by atoms with Crippen molar-refractivity contribution in [2.45, 2.75) is 354 Å². The van der Waals surface area contributed by atoms with Crippen LogP contribution in [-0.2, 0) is 28.6 Å². The van der Waals surface area contributed by atoms with Gasteiger partial charge < -0.3 is 14.2 Å². The summed E-state index contributed by atoms with van der Waals surface area (Å²) in [5.74, 6) is -0.930. The normalized spacial score (nSPS) is 12.6. The highest BCUT2D eigenvalue weighted by Crippen LogP contribution is 2.18. The van der Waals surface area contributed by atoms with Crippen LogP contribution in [0.25, 0.3) is 0 Å². The molecular weight excluding hydrogens is 985 g/mol. The van der Waals surface area contributed by atoms with Crippen molar-refractivity contribution < 1.29 is 28.6 Å². The fourth-order valence-corrected chi connectivity index (χ4v) is 10.0. The first-order valence-electron chi connectivity index (χ1n) is 34.6. The number of hydrogen-bond donors (Lipinski definition) is 0. The zero-order chi connectivity index (χ0) is 57.8. The van der Waals surface area contributed by atoms with Crippen molar-refractivity contribution in [1.82, 2.24) is 0 Å². The van der Waals surface area contributed by atoms with Crippen LogP contribution in [0.3, 0.4) is 0 Å². The molecule has 0 bridgehead atoms. The highest BCUT2D eigenvalue weighted by molar-refractivity contribution is 5.71. The molecule has 0 aromatic carbocycles. The van der Waals surface area contributed by atoms with Gasteiger partial charge in [-0.15, -0.1) is 0 Å². The van der Waals surface area contributed by atoms with Crippen LogP contribution in [0.1, 0.15) is 348 Å². The third kappa shape index (κ3) is 65.4. The highest BCUT2D eigenvalue weighted by atomic mass is 16.6. The molecular formula is C74H130O6. The van der Waals surface area contributed by atoms with Gasteiger partial charge in [0.05, 0.1) is 0 Å². The smallest absolute Gasteiger partial charge is 0.306 e. The third-order valence-corrected chi connectivity index (χ3v) is 15.1. The Morgan fingerprint density at radius 3 is 0.787 bits per heavy atom. The van der Waals surface area contributed by atoms with Crippen LogP contribution in [0, 0.1) is 0 Å². The van der Waals surface area contributed by atoms with Crippen molar-refractivity contribution in [3.05, 3.63) is 85.1 Å². The molecule has 0 spiro atoms. The minimum absolute atomic E-state index is 0.0915. The molecule has 0 heterocycles. The monoisotopic (exact) mass is 1110 g/mol. The van der Waals surface area contributed by atoms with E-state index in [9.17, 15) is 14.4 Å². The Morgan fingerprint density at radius 2 is 0.487 bits per heavy atom. The van der Waals surface area contributed by atoms with Gasteiger partial charge >= 0.3 is 17.9 Å². The molecule has 6 nitrogen and oxygen atoms in total. The highest BCUT2D eigenvalue weighted by Gasteiger charge is 2.19. The van der Waals surface area contributed by atoms with E-state index >= 15 is 0 Å². The molecule has 0 N–H and O–H groups in total. The second-order valence-electron chi connectivity index (χ2n) is 23.0. The van der Waals surface area contributed by atoms with E-state index in [1.165, 1.54) is 199 Å². The second kappa shape index (κ2) is 68.1. The molecule has 0 radical (unpaired) electrons. The van der Waals surface area contributed by atoms with Crippen molar-refractivity contribution in [2.24, 2.45) is 0 Å². The standard InChI is InChI=1S/C74H130O6/c1-4-7-10-13-16-19-22-25-28-30-31-32-33-34-35-36-37-38-39-40-41-42-44-46-49-52-55-58-61-64-67-73(76)79-70-71(69-78-72(75)66-63-60-57-54-51-48-45-27-24-21-18-15-12-9-6-3)80-74(77)68-65-62-59-56-53-50-47-43-29-26-23-20-17-14-11-8-5-2/h8-9,11-12,17-18,20-21,26-27,29,45,51,54,71H,4-7,10,13-16,19,22-25,28,30-44,46-50,52-53,55-70H2,1-3H3/b11-8-,12-9-,20-17-,21-18-,29-26-,45-27-,54-51-. The average Bonchev–Trinajstić information content (AvgIpc) is 3.46. The Hall–Kier alpha value is -3.41. The predicted octanol–water partition coefficient (Wildman–Crippen LogP) is 23.8. The minimum Gasteiger partial charge on any atom is -0.462 e. The second-order valence-corrected chi connectivity index (χ2v) is 23.0. The van der Waals surface area contributed by atoms with E-state index in [0.29, 0.717) is 19.3 Å². The average molecular weight is 1120 g/mol. The van der Waals surface area contributed by atoms with Crippen molar-refractivity contribution in [1.29, 1.82) is 0 Å². The lowest BCUT2D eigenvalue weighted by Crippen LogP contribution is -2.30. The lowest BCUT2D eigenvalue weighted by molar-refractivity contribution is -0.167. The van der Waals surface area contributed by atoms with E-state index in [-0.39, 0.29) is 31.1 Å². The van der Waals surface area contributed by atoms with Gasteiger partial charge in [-0.1, -0.05) is 324 Å². The number of rotatable bonds is 63. The van der Waals surface area contributed by atoms with Gasteiger partial charge in [-0.2, -0.15) is 0 Å². The van der Waals surface area contributed by atoms with Crippen LogP contribution in [0.15, 0.2) is 85.1 Å². The summed E-state index contributed by atoms with van der Waals surface area (Å²) in [6.07, 6.45) is 90.6. The molecule has 0 fully saturated rings. The fraction of sp³-hybridized carbons (Fsp3) is 0.770. The molecule has 0 aromatic heterocycles. The van der Waals surface area contributed by atoms with E-state index < -0.39 is 6.10 Å². The number of hydrogen-bond acceptors (Lipinski definition) is 6. The lowest BCUT2D eigenvalue weighted by Gasteiger charge is -2.18. The first-order chi connectivity index (χ1) is 39.5. The van der Waals surface area contributed by atoms with Crippen LogP contribution in [0.2, 0.25) is 0 Å². The van der Waals surface area contributed by atoms with E-state index in [1.807, 2.05) is 0 Å². The summed E-state index contributed by atoms with van der Waals surface area (Å²) in [7, 11) is 0. The molecule has 6 heteroatoms. The Kier molecular flexibility index (Phi) is 65.2. The zero-order valence-corrected chi connectivity index (χ0v) is 53.1. The van der Waals surface area contributed by atoms with Crippen LogP contribution >= 0.6 is 0 Å². The molecule has 1 atom stereocenters. The number of esters is 3. The topological polar surface area (TPSA) is 78.9 Å². The first-order valence-corrected chi connectivity index (χ1v) is 34.6. The molecule has 0 saturated heterocycles. The van der Waals surface area contributed by atoms with Gasteiger partial charge in [0.25, 0.3) is 0 Å². The maximum Gasteiger partial charge on any atom is 0.306 e. The van der Waals surface area contributed by atoms with Crippen molar-refractivity contribution in [3.8, 4) is 0 Å². The summed E-state index contributed by atoms with van der Waals surface area (Å²) >= 11 is 0. The fourth-order valence-electron chi connectivity index (χ4n) is 10.0. The van der Waals surface area contributed by atoms with Gasteiger partial charge in [0, 0.05) is 19.3 Å². The largest absolute Gasteiger partial charge is 0.462 e. The van der Waals surface area contributed by atoms with Crippen molar-refractivity contribution in [2.75, 3.05) is 13.2 Å². The summed E-state index contributed by atoms with van der Waals surface area (Å²) < 4.78 is 16.9. The summed E-state index contributed by atoms with van der Waals surface area (Å²) in [5, 5.41) is 0. The Bertz CT molecular complexity index is 1520. The number of carbonyl (C=O) groups excluding carboxylic acids is 3. The number of ether oxygens (including phenoxy) is 3. The molecule has 0 aromatic rings. The first kappa shape index (κ1) is 76.6. The zero-order valence-electron chi connectivity index (χ0n) is 53.1. The van der Waals surface area contributed by atoms with Crippen LogP contribution < -0.4 is 0 Å². The van der Waals surface area contributed by atoms with Gasteiger partial charge in [0.15, 0.2) is 6.10 Å². The molecule has 0 amide bonds. The van der Waals surface area contributed by atoms with E-state index in [1.54, 1.807) is 0 Å². The molecule has 0 aliphatic carbocycles. The Morgan fingerprint density at radius 1 is 0.263 bits per heavy atom. The molecule has 0 saturated carbocycles. The molecule has 0 rings (SSSR count). The van der Waals surface area contributed by atoms with E-state index in [2.05, 4.69) is 106 Å². The maximum absolute atomic E-state index is 12.9. The van der Waals surface area contributed by atoms with E-state index in [4.69, 9.17) is 14.2 Å². The summed E-state index contributed by atoms with van der Waals surface area (Å²) in [4.78, 5) is 38.4. The number of allylic oxidation sites excluding steroid dienone is 14. The summed E-state index contributed by atoms with van der Waals surface area (Å²) in [6.45, 7) is 6.42. The molecule has 462 valence electrons. The van der Waals surface area contributed by atoms with Gasteiger partial charge in [-0.3, -0.25) is 14.4 Å². The van der Waals surface area contributed by atoms with Gasteiger partial charge in [-0.25, -0.2) is 0 Å². The van der Waals surface area contributed by atoms with Crippen LogP contribution in [0.5, 0.6) is 0 Å². The van der Waals surface area contributed by atoms with E-state index in [0.717, 1.165) is 109 Å². The lowest BCUT2D eigenvalue weighted by atomic mass is 10.0. The number of carbonyl (C=O) groups is 3. The van der Waals surface area contributed by atoms with Gasteiger partial charge in [0.2, 0.25) is 0 Å². The Labute approximate surface area is 496 Å². The maximum atomic E-state index is 12.9.